The van der Waals surface area contributed by atoms with Crippen molar-refractivity contribution in [3.63, 3.8) is 0 Å². The minimum absolute atomic E-state index is 0.107. The minimum Gasteiger partial charge on any atom is -0.342 e. The highest BCUT2D eigenvalue weighted by Crippen LogP contribution is 2.24. The largest absolute Gasteiger partial charge is 0.342 e. The molecule has 0 radical (unpaired) electrons. The van der Waals surface area contributed by atoms with Crippen molar-refractivity contribution in [3.05, 3.63) is 83.7 Å². The number of hydrogen-bond donors (Lipinski definition) is 2. The molecule has 0 spiro atoms. The van der Waals surface area contributed by atoms with Gasteiger partial charge in [-0.1, -0.05) is 61.2 Å². The van der Waals surface area contributed by atoms with Crippen LogP contribution in [0.1, 0.15) is 47.2 Å². The molecule has 3 rings (SSSR count). The fraction of sp³-hybridized carbons (Fsp3) is 0.280. The van der Waals surface area contributed by atoms with Crippen LogP contribution in [-0.4, -0.2) is 32.3 Å². The first kappa shape index (κ1) is 24.3. The van der Waals surface area contributed by atoms with Crippen LogP contribution in [0.2, 0.25) is 0 Å². The first-order valence-corrected chi connectivity index (χ1v) is 11.8. The van der Waals surface area contributed by atoms with E-state index in [9.17, 15) is 9.59 Å². The predicted molar refractivity (Wildman–Crippen MR) is 132 cm³/mol. The Bertz CT molecular complexity index is 1130. The smallest absolute Gasteiger partial charge is 0.251 e. The van der Waals surface area contributed by atoms with Crippen LogP contribution in [0.4, 0.5) is 5.69 Å². The van der Waals surface area contributed by atoms with Gasteiger partial charge in [-0.3, -0.25) is 9.59 Å². The maximum absolute atomic E-state index is 12.7. The molecule has 2 aromatic carbocycles. The molecule has 0 aliphatic rings. The Morgan fingerprint density at radius 2 is 1.91 bits per heavy atom. The van der Waals surface area contributed by atoms with E-state index >= 15 is 0 Å². The molecule has 33 heavy (non-hydrogen) atoms. The van der Waals surface area contributed by atoms with Gasteiger partial charge in [-0.2, -0.15) is 0 Å². The van der Waals surface area contributed by atoms with Crippen molar-refractivity contribution >= 4 is 29.3 Å². The highest BCUT2D eigenvalue weighted by Gasteiger charge is 2.20. The lowest BCUT2D eigenvalue weighted by molar-refractivity contribution is -0.113. The van der Waals surface area contributed by atoms with Gasteiger partial charge in [0.1, 0.15) is 0 Å². The van der Waals surface area contributed by atoms with Crippen LogP contribution < -0.4 is 10.6 Å². The molecular formula is C25H29N5O2S. The van der Waals surface area contributed by atoms with E-state index in [0.717, 1.165) is 23.2 Å². The third-order valence-electron chi connectivity index (χ3n) is 5.16. The van der Waals surface area contributed by atoms with Crippen molar-refractivity contribution < 1.29 is 9.59 Å². The van der Waals surface area contributed by atoms with Crippen LogP contribution in [0.5, 0.6) is 0 Å². The zero-order valence-electron chi connectivity index (χ0n) is 19.2. The highest BCUT2D eigenvalue weighted by molar-refractivity contribution is 7.99. The summed E-state index contributed by atoms with van der Waals surface area (Å²) in [6.45, 7) is 10.2. The van der Waals surface area contributed by atoms with Gasteiger partial charge in [0.25, 0.3) is 5.91 Å². The fourth-order valence-corrected chi connectivity index (χ4v) is 4.22. The number of hydrogen-bond acceptors (Lipinski definition) is 5. The number of nitrogens with zero attached hydrogens (tertiary/aromatic N) is 3. The number of benzene rings is 2. The number of aromatic nitrogens is 3. The monoisotopic (exact) mass is 463 g/mol. The summed E-state index contributed by atoms with van der Waals surface area (Å²) in [6.07, 6.45) is 2.58. The van der Waals surface area contributed by atoms with Gasteiger partial charge in [-0.25, -0.2) is 0 Å². The summed E-state index contributed by atoms with van der Waals surface area (Å²) in [7, 11) is 0. The Morgan fingerprint density at radius 1 is 1.15 bits per heavy atom. The average Bonchev–Trinajstić information content (AvgIpc) is 3.22. The number of nitrogens with one attached hydrogen (secondary N) is 2. The number of para-hydroxylation sites is 1. The van der Waals surface area contributed by atoms with E-state index < -0.39 is 0 Å². The molecule has 0 aliphatic carbocycles. The van der Waals surface area contributed by atoms with Gasteiger partial charge in [-0.05, 0) is 43.5 Å². The Balaban J connectivity index is 1.68. The van der Waals surface area contributed by atoms with E-state index in [-0.39, 0.29) is 23.6 Å². The second-order valence-electron chi connectivity index (χ2n) is 7.60. The van der Waals surface area contributed by atoms with E-state index in [0.29, 0.717) is 23.1 Å². The lowest BCUT2D eigenvalue weighted by atomic mass is 10.1. The van der Waals surface area contributed by atoms with E-state index in [4.69, 9.17) is 0 Å². The molecule has 8 heteroatoms. The number of carbonyl (C=O) groups excluding carboxylic acids is 2. The molecule has 1 heterocycles. The quantitative estimate of drug-likeness (QED) is 0.340. The van der Waals surface area contributed by atoms with Crippen molar-refractivity contribution in [1.82, 2.24) is 20.1 Å². The Morgan fingerprint density at radius 3 is 2.61 bits per heavy atom. The maximum Gasteiger partial charge on any atom is 0.251 e. The second kappa shape index (κ2) is 11.5. The molecule has 0 aliphatic heterocycles. The summed E-state index contributed by atoms with van der Waals surface area (Å²) >= 11 is 1.30. The van der Waals surface area contributed by atoms with Gasteiger partial charge in [0.05, 0.1) is 11.8 Å². The Labute approximate surface area is 198 Å². The molecule has 1 unspecified atom stereocenters. The first-order chi connectivity index (χ1) is 15.9. The molecule has 0 saturated heterocycles. The number of carbonyl (C=O) groups is 2. The minimum atomic E-state index is -0.368. The van der Waals surface area contributed by atoms with Crippen molar-refractivity contribution in [3.8, 4) is 0 Å². The van der Waals surface area contributed by atoms with Gasteiger partial charge in [0, 0.05) is 17.8 Å². The number of amides is 2. The molecule has 1 atom stereocenters. The summed E-state index contributed by atoms with van der Waals surface area (Å²) in [6, 6.07) is 14.7. The third-order valence-corrected chi connectivity index (χ3v) is 6.13. The molecule has 3 aromatic rings. The van der Waals surface area contributed by atoms with Crippen molar-refractivity contribution in [2.45, 2.75) is 44.9 Å². The fourth-order valence-electron chi connectivity index (χ4n) is 3.47. The molecule has 2 amide bonds. The zero-order valence-corrected chi connectivity index (χ0v) is 20.0. The van der Waals surface area contributed by atoms with Crippen LogP contribution in [0.15, 0.2) is 66.3 Å². The molecule has 0 fully saturated rings. The summed E-state index contributed by atoms with van der Waals surface area (Å²) < 4.78 is 1.87. The number of aryl methyl sites for hydroxylation is 2. The number of allylic oxidation sites excluding steroid dienone is 1. The topological polar surface area (TPSA) is 88.9 Å². The van der Waals surface area contributed by atoms with Crippen LogP contribution in [0.3, 0.4) is 0 Å². The van der Waals surface area contributed by atoms with Crippen LogP contribution >= 0.6 is 11.8 Å². The van der Waals surface area contributed by atoms with Crippen molar-refractivity contribution in [2.75, 3.05) is 11.1 Å². The summed E-state index contributed by atoms with van der Waals surface area (Å²) in [5, 5.41) is 15.1. The van der Waals surface area contributed by atoms with Crippen molar-refractivity contribution in [2.24, 2.45) is 0 Å². The third kappa shape index (κ3) is 6.10. The molecule has 1 aromatic heterocycles. The van der Waals surface area contributed by atoms with Gasteiger partial charge < -0.3 is 15.2 Å². The average molecular weight is 464 g/mol. The van der Waals surface area contributed by atoms with Gasteiger partial charge in [0.15, 0.2) is 11.0 Å². The molecule has 172 valence electrons. The molecule has 0 bridgehead atoms. The van der Waals surface area contributed by atoms with E-state index in [1.165, 1.54) is 11.8 Å². The van der Waals surface area contributed by atoms with Gasteiger partial charge >= 0.3 is 0 Å². The molecule has 0 saturated carbocycles. The Hall–Kier alpha value is -3.39. The molecule has 2 N–H and O–H groups in total. The summed E-state index contributed by atoms with van der Waals surface area (Å²) in [5.74, 6) is 0.505. The zero-order chi connectivity index (χ0) is 23.8. The van der Waals surface area contributed by atoms with Gasteiger partial charge in [0.2, 0.25) is 5.91 Å². The number of thioether (sulfide) groups is 1. The van der Waals surface area contributed by atoms with E-state index in [1.54, 1.807) is 18.2 Å². The van der Waals surface area contributed by atoms with Crippen LogP contribution in [0.25, 0.3) is 0 Å². The van der Waals surface area contributed by atoms with E-state index in [2.05, 4.69) is 34.3 Å². The lowest BCUT2D eigenvalue weighted by Gasteiger charge is -2.15. The predicted octanol–water partition coefficient (Wildman–Crippen LogP) is 4.56. The number of rotatable bonds is 10. The first-order valence-electron chi connectivity index (χ1n) is 10.9. The Kier molecular flexibility index (Phi) is 8.43. The standard InChI is InChI=1S/C25H29N5O2S/c1-5-15-30-23(18(4)26-24(32)20-12-8-7-9-13-20)28-29-25(30)33-16-21(31)27-22-17(3)11-10-14-19(22)6-2/h5,7-14,18H,1,6,15-16H2,2-4H3,(H,26,32)(H,27,31). The maximum atomic E-state index is 12.7. The van der Waals surface area contributed by atoms with Crippen LogP contribution in [-0.2, 0) is 17.8 Å². The second-order valence-corrected chi connectivity index (χ2v) is 8.54. The lowest BCUT2D eigenvalue weighted by Crippen LogP contribution is -2.28. The summed E-state index contributed by atoms with van der Waals surface area (Å²) in [4.78, 5) is 25.2. The van der Waals surface area contributed by atoms with E-state index in [1.807, 2.05) is 54.8 Å². The summed E-state index contributed by atoms with van der Waals surface area (Å²) in [5.41, 5.74) is 3.59. The SMILES string of the molecule is C=CCn1c(SCC(=O)Nc2c(C)cccc2CC)nnc1C(C)NC(=O)c1ccccc1. The highest BCUT2D eigenvalue weighted by atomic mass is 32.2. The normalized spacial score (nSPS) is 11.6. The number of anilines is 1. The van der Waals surface area contributed by atoms with Gasteiger partial charge in [-0.15, -0.1) is 16.8 Å². The van der Waals surface area contributed by atoms with Crippen LogP contribution in [0, 0.1) is 6.92 Å². The molecule has 7 nitrogen and oxygen atoms in total. The molecular weight excluding hydrogens is 434 g/mol. The van der Waals surface area contributed by atoms with Crippen molar-refractivity contribution in [1.29, 1.82) is 0 Å².